The molecule has 180 valence electrons. The molecule has 0 saturated heterocycles. The van der Waals surface area contributed by atoms with Gasteiger partial charge in [-0.2, -0.15) is 4.31 Å². The second-order valence-electron chi connectivity index (χ2n) is 7.60. The van der Waals surface area contributed by atoms with E-state index in [-0.39, 0.29) is 29.9 Å². The summed E-state index contributed by atoms with van der Waals surface area (Å²) < 4.78 is 32.4. The highest BCUT2D eigenvalue weighted by Gasteiger charge is 2.22. The molecule has 9 nitrogen and oxygen atoms in total. The Kier molecular flexibility index (Phi) is 9.24. The molecule has 0 radical (unpaired) electrons. The molecule has 0 atom stereocenters. The molecule has 0 aliphatic carbocycles. The van der Waals surface area contributed by atoms with Gasteiger partial charge in [-0.15, -0.1) is 0 Å². The van der Waals surface area contributed by atoms with E-state index in [1.54, 1.807) is 52.2 Å². The van der Waals surface area contributed by atoms with E-state index in [2.05, 4.69) is 10.6 Å². The molecule has 0 unspecified atom stereocenters. The molecule has 0 fully saturated rings. The number of ether oxygens (including phenoxy) is 1. The van der Waals surface area contributed by atoms with Crippen molar-refractivity contribution >= 4 is 33.2 Å². The number of aryl methyl sites for hydroxylation is 1. The minimum atomic E-state index is -3.63. The first-order valence-electron chi connectivity index (χ1n) is 10.7. The first-order chi connectivity index (χ1) is 15.6. The number of carbonyl (C=O) groups is 2. The second-order valence-corrected chi connectivity index (χ2v) is 9.53. The number of hydrogen-bond donors (Lipinski definition) is 2. The van der Waals surface area contributed by atoms with Crippen LogP contribution in [0.1, 0.15) is 19.4 Å². The number of carbonyl (C=O) groups excluding carboxylic acids is 2. The number of hydrogen-bond acceptors (Lipinski definition) is 6. The van der Waals surface area contributed by atoms with Gasteiger partial charge in [0.15, 0.2) is 6.61 Å². The Balaban J connectivity index is 2.06. The number of rotatable bonds is 11. The lowest BCUT2D eigenvalue weighted by Crippen LogP contribution is -2.30. The molecule has 0 heterocycles. The summed E-state index contributed by atoms with van der Waals surface area (Å²) in [5.41, 5.74) is 1.90. The minimum absolute atomic E-state index is 0.0753. The standard InChI is InChI=1S/C23H32N4O5S/c1-6-27(7-2)33(30,31)19-10-8-9-18(14-19)25-22(28)15-24-20-12-11-17(3)13-21(20)32-16-23(29)26(4)5/h8-14,24H,6-7,15-16H2,1-5H3,(H,25,28). The zero-order valence-corrected chi connectivity index (χ0v) is 20.5. The van der Waals surface area contributed by atoms with Crippen molar-refractivity contribution in [1.29, 1.82) is 0 Å². The Labute approximate surface area is 195 Å². The van der Waals surface area contributed by atoms with Gasteiger partial charge in [0.05, 0.1) is 17.1 Å². The minimum Gasteiger partial charge on any atom is -0.482 e. The lowest BCUT2D eigenvalue weighted by atomic mass is 10.2. The predicted octanol–water partition coefficient (Wildman–Crippen LogP) is 2.54. The molecular formula is C23H32N4O5S. The molecular weight excluding hydrogens is 444 g/mol. The quantitative estimate of drug-likeness (QED) is 0.516. The second kappa shape index (κ2) is 11.7. The number of benzene rings is 2. The molecule has 2 aromatic rings. The van der Waals surface area contributed by atoms with Crippen LogP contribution in [0.5, 0.6) is 5.75 Å². The van der Waals surface area contributed by atoms with Crippen LogP contribution >= 0.6 is 0 Å². The highest BCUT2D eigenvalue weighted by atomic mass is 32.2. The largest absolute Gasteiger partial charge is 0.482 e. The van der Waals surface area contributed by atoms with E-state index in [4.69, 9.17) is 4.74 Å². The molecule has 0 spiro atoms. The summed E-state index contributed by atoms with van der Waals surface area (Å²) in [4.78, 5) is 25.9. The van der Waals surface area contributed by atoms with Gasteiger partial charge in [0.2, 0.25) is 15.9 Å². The fraction of sp³-hybridized carbons (Fsp3) is 0.391. The Morgan fingerprint density at radius 3 is 2.36 bits per heavy atom. The van der Waals surface area contributed by atoms with Gasteiger partial charge in [0.1, 0.15) is 5.75 Å². The van der Waals surface area contributed by atoms with Gasteiger partial charge in [0.25, 0.3) is 5.91 Å². The van der Waals surface area contributed by atoms with E-state index in [0.717, 1.165) is 5.56 Å². The molecule has 0 aliphatic rings. The van der Waals surface area contributed by atoms with Gasteiger partial charge in [-0.05, 0) is 42.8 Å². The monoisotopic (exact) mass is 476 g/mol. The average Bonchev–Trinajstić information content (AvgIpc) is 2.77. The van der Waals surface area contributed by atoms with Crippen molar-refractivity contribution in [3.8, 4) is 5.75 Å². The summed E-state index contributed by atoms with van der Waals surface area (Å²) in [5.74, 6) is -0.0756. The Hall–Kier alpha value is -3.11. The SMILES string of the molecule is CCN(CC)S(=O)(=O)c1cccc(NC(=O)CNc2ccc(C)cc2OCC(=O)N(C)C)c1. The smallest absolute Gasteiger partial charge is 0.259 e. The van der Waals surface area contributed by atoms with Crippen molar-refractivity contribution in [1.82, 2.24) is 9.21 Å². The Morgan fingerprint density at radius 2 is 1.73 bits per heavy atom. The molecule has 0 aliphatic heterocycles. The van der Waals surface area contributed by atoms with Crippen molar-refractivity contribution < 1.29 is 22.7 Å². The molecule has 33 heavy (non-hydrogen) atoms. The van der Waals surface area contributed by atoms with Crippen LogP contribution in [0.4, 0.5) is 11.4 Å². The van der Waals surface area contributed by atoms with Crippen LogP contribution in [0.3, 0.4) is 0 Å². The molecule has 2 N–H and O–H groups in total. The van der Waals surface area contributed by atoms with Crippen LogP contribution in [0.25, 0.3) is 0 Å². The molecule has 0 bridgehead atoms. The third-order valence-electron chi connectivity index (χ3n) is 4.89. The zero-order valence-electron chi connectivity index (χ0n) is 19.7. The number of nitrogens with zero attached hydrogens (tertiary/aromatic N) is 2. The third kappa shape index (κ3) is 7.19. The van der Waals surface area contributed by atoms with E-state index < -0.39 is 10.0 Å². The van der Waals surface area contributed by atoms with E-state index in [9.17, 15) is 18.0 Å². The maximum Gasteiger partial charge on any atom is 0.259 e. The predicted molar refractivity (Wildman–Crippen MR) is 129 cm³/mol. The topological polar surface area (TPSA) is 108 Å². The lowest BCUT2D eigenvalue weighted by molar-refractivity contribution is -0.130. The van der Waals surface area contributed by atoms with E-state index in [0.29, 0.717) is 30.2 Å². The molecule has 2 rings (SSSR count). The van der Waals surface area contributed by atoms with E-state index in [1.807, 2.05) is 13.0 Å². The molecule has 2 aromatic carbocycles. The fourth-order valence-electron chi connectivity index (χ4n) is 2.99. The number of anilines is 2. The van der Waals surface area contributed by atoms with Crippen molar-refractivity contribution in [2.45, 2.75) is 25.7 Å². The maximum atomic E-state index is 12.7. The zero-order chi connectivity index (χ0) is 24.6. The first kappa shape index (κ1) is 26.1. The number of sulfonamides is 1. The summed E-state index contributed by atoms with van der Waals surface area (Å²) in [5, 5.41) is 5.72. The van der Waals surface area contributed by atoms with Crippen LogP contribution in [0, 0.1) is 6.92 Å². The lowest BCUT2D eigenvalue weighted by Gasteiger charge is -2.19. The highest BCUT2D eigenvalue weighted by molar-refractivity contribution is 7.89. The molecule has 2 amide bonds. The summed E-state index contributed by atoms with van der Waals surface area (Å²) in [6.07, 6.45) is 0. The van der Waals surface area contributed by atoms with Crippen molar-refractivity contribution in [2.24, 2.45) is 0 Å². The van der Waals surface area contributed by atoms with Gasteiger partial charge in [-0.25, -0.2) is 8.42 Å². The average molecular weight is 477 g/mol. The van der Waals surface area contributed by atoms with Gasteiger partial charge in [-0.3, -0.25) is 9.59 Å². The van der Waals surface area contributed by atoms with Crippen LogP contribution < -0.4 is 15.4 Å². The number of amides is 2. The summed E-state index contributed by atoms with van der Waals surface area (Å²) in [6, 6.07) is 11.6. The van der Waals surface area contributed by atoms with Gasteiger partial charge >= 0.3 is 0 Å². The Bertz CT molecular complexity index is 1080. The van der Waals surface area contributed by atoms with Crippen LogP contribution in [-0.4, -0.2) is 69.8 Å². The summed E-state index contributed by atoms with van der Waals surface area (Å²) >= 11 is 0. The van der Waals surface area contributed by atoms with Gasteiger partial charge in [0, 0.05) is 32.9 Å². The highest BCUT2D eigenvalue weighted by Crippen LogP contribution is 2.26. The summed E-state index contributed by atoms with van der Waals surface area (Å²) in [6.45, 7) is 5.98. The molecule has 10 heteroatoms. The van der Waals surface area contributed by atoms with Gasteiger partial charge in [-0.1, -0.05) is 26.0 Å². The third-order valence-corrected chi connectivity index (χ3v) is 6.93. The summed E-state index contributed by atoms with van der Waals surface area (Å²) in [7, 11) is -0.332. The van der Waals surface area contributed by atoms with Crippen LogP contribution in [0.15, 0.2) is 47.4 Å². The molecule has 0 saturated carbocycles. The normalized spacial score (nSPS) is 11.2. The fourth-order valence-corrected chi connectivity index (χ4v) is 4.50. The van der Waals surface area contributed by atoms with E-state index >= 15 is 0 Å². The number of likely N-dealkylation sites (N-methyl/N-ethyl adjacent to an activating group) is 1. The van der Waals surface area contributed by atoms with Crippen molar-refractivity contribution in [3.05, 3.63) is 48.0 Å². The first-order valence-corrected chi connectivity index (χ1v) is 12.1. The van der Waals surface area contributed by atoms with Gasteiger partial charge < -0.3 is 20.3 Å². The van der Waals surface area contributed by atoms with Crippen molar-refractivity contribution in [3.63, 3.8) is 0 Å². The molecule has 0 aromatic heterocycles. The van der Waals surface area contributed by atoms with Crippen LogP contribution in [0.2, 0.25) is 0 Å². The van der Waals surface area contributed by atoms with Crippen LogP contribution in [-0.2, 0) is 19.6 Å². The van der Waals surface area contributed by atoms with Crippen molar-refractivity contribution in [2.75, 3.05) is 51.0 Å². The van der Waals surface area contributed by atoms with E-state index in [1.165, 1.54) is 21.3 Å². The maximum absolute atomic E-state index is 12.7. The Morgan fingerprint density at radius 1 is 1.03 bits per heavy atom. The number of nitrogens with one attached hydrogen (secondary N) is 2.